The molecule has 0 aromatic heterocycles. The molecule has 0 aromatic carbocycles. The van der Waals surface area contributed by atoms with Crippen molar-refractivity contribution in [2.24, 2.45) is 10.7 Å². The highest BCUT2D eigenvalue weighted by Crippen LogP contribution is 2.10. The number of nitrogens with two attached hydrogens (primary N) is 1. The third-order valence-electron chi connectivity index (χ3n) is 2.36. The van der Waals surface area contributed by atoms with Crippen LogP contribution in [-0.4, -0.2) is 43.1 Å². The van der Waals surface area contributed by atoms with Crippen LogP contribution in [0.3, 0.4) is 0 Å². The molecule has 1 saturated heterocycles. The molecule has 0 spiro atoms. The third-order valence-corrected chi connectivity index (χ3v) is 2.36. The molecule has 1 fully saturated rings. The first kappa shape index (κ1) is 11.3. The number of rotatable bonds is 2. The zero-order chi connectivity index (χ0) is 10.6. The quantitative estimate of drug-likeness (QED) is 0.498. The summed E-state index contributed by atoms with van der Waals surface area (Å²) in [6, 6.07) is 0.736. The van der Waals surface area contributed by atoms with Gasteiger partial charge >= 0.3 is 0 Å². The molecule has 0 radical (unpaired) electrons. The van der Waals surface area contributed by atoms with E-state index in [-0.39, 0.29) is 0 Å². The predicted molar refractivity (Wildman–Crippen MR) is 60.4 cm³/mol. The third kappa shape index (κ3) is 3.96. The number of piperidine rings is 1. The lowest BCUT2D eigenvalue weighted by molar-refractivity contribution is 0.252. The Morgan fingerprint density at radius 3 is 2.86 bits per heavy atom. The SMILES string of the molecule is CC(C)NC(N)=NC1CCCN(C)C1. The summed E-state index contributed by atoms with van der Waals surface area (Å²) in [7, 11) is 2.13. The number of aliphatic imine (C=N–C) groups is 1. The first-order valence-electron chi connectivity index (χ1n) is 5.36. The molecule has 1 aliphatic heterocycles. The van der Waals surface area contributed by atoms with E-state index in [9.17, 15) is 0 Å². The number of nitrogens with zero attached hydrogens (tertiary/aromatic N) is 2. The van der Waals surface area contributed by atoms with Crippen LogP contribution in [-0.2, 0) is 0 Å². The molecule has 4 heteroatoms. The van der Waals surface area contributed by atoms with Gasteiger partial charge in [-0.15, -0.1) is 0 Å². The summed E-state index contributed by atoms with van der Waals surface area (Å²) in [6.45, 7) is 6.34. The highest BCUT2D eigenvalue weighted by Gasteiger charge is 2.16. The van der Waals surface area contributed by atoms with Crippen molar-refractivity contribution in [3.05, 3.63) is 0 Å². The van der Waals surface area contributed by atoms with E-state index in [4.69, 9.17) is 5.73 Å². The van der Waals surface area contributed by atoms with Gasteiger partial charge in [0.25, 0.3) is 0 Å². The van der Waals surface area contributed by atoms with Gasteiger partial charge in [-0.3, -0.25) is 0 Å². The van der Waals surface area contributed by atoms with Gasteiger partial charge in [0.2, 0.25) is 0 Å². The molecule has 0 bridgehead atoms. The molecule has 1 heterocycles. The van der Waals surface area contributed by atoms with Crippen molar-refractivity contribution >= 4 is 5.96 Å². The molecule has 82 valence electrons. The lowest BCUT2D eigenvalue weighted by Gasteiger charge is -2.27. The van der Waals surface area contributed by atoms with E-state index in [2.05, 4.69) is 36.1 Å². The molecule has 4 nitrogen and oxygen atoms in total. The minimum absolute atomic E-state index is 0.361. The van der Waals surface area contributed by atoms with Crippen LogP contribution in [0.15, 0.2) is 4.99 Å². The van der Waals surface area contributed by atoms with Crippen molar-refractivity contribution in [2.75, 3.05) is 20.1 Å². The van der Waals surface area contributed by atoms with Crippen molar-refractivity contribution < 1.29 is 0 Å². The summed E-state index contributed by atoms with van der Waals surface area (Å²) in [5.41, 5.74) is 5.77. The van der Waals surface area contributed by atoms with Gasteiger partial charge in [0.1, 0.15) is 0 Å². The fourth-order valence-corrected chi connectivity index (χ4v) is 1.77. The van der Waals surface area contributed by atoms with Crippen molar-refractivity contribution in [2.45, 2.75) is 38.8 Å². The standard InChI is InChI=1S/C10H22N4/c1-8(2)12-10(11)13-9-5-4-6-14(3)7-9/h8-9H,4-7H2,1-3H3,(H3,11,12,13). The Kier molecular flexibility index (Phi) is 4.20. The number of likely N-dealkylation sites (N-methyl/N-ethyl adjacent to an activating group) is 1. The molecule has 0 amide bonds. The number of nitrogens with one attached hydrogen (secondary N) is 1. The van der Waals surface area contributed by atoms with E-state index in [1.807, 2.05) is 0 Å². The molecule has 0 aromatic rings. The second-order valence-electron chi connectivity index (χ2n) is 4.37. The van der Waals surface area contributed by atoms with Gasteiger partial charge in [-0.05, 0) is 40.3 Å². The monoisotopic (exact) mass is 198 g/mol. The molecule has 1 aliphatic rings. The fraction of sp³-hybridized carbons (Fsp3) is 0.900. The van der Waals surface area contributed by atoms with Crippen LogP contribution < -0.4 is 11.1 Å². The van der Waals surface area contributed by atoms with Gasteiger partial charge < -0.3 is 16.0 Å². The van der Waals surface area contributed by atoms with Crippen molar-refractivity contribution in [1.82, 2.24) is 10.2 Å². The zero-order valence-electron chi connectivity index (χ0n) is 9.45. The van der Waals surface area contributed by atoms with E-state index in [1.165, 1.54) is 13.0 Å². The average molecular weight is 198 g/mol. The molecule has 0 aliphatic carbocycles. The predicted octanol–water partition coefficient (Wildman–Crippen LogP) is 0.393. The summed E-state index contributed by atoms with van der Waals surface area (Å²) < 4.78 is 0. The van der Waals surface area contributed by atoms with Gasteiger partial charge in [0, 0.05) is 12.6 Å². The summed E-state index contributed by atoms with van der Waals surface area (Å²) in [4.78, 5) is 6.77. The Morgan fingerprint density at radius 2 is 2.29 bits per heavy atom. The van der Waals surface area contributed by atoms with E-state index >= 15 is 0 Å². The second-order valence-corrected chi connectivity index (χ2v) is 4.37. The van der Waals surface area contributed by atoms with Crippen LogP contribution in [0, 0.1) is 0 Å². The maximum atomic E-state index is 5.77. The van der Waals surface area contributed by atoms with E-state index in [0.29, 0.717) is 18.0 Å². The van der Waals surface area contributed by atoms with Crippen molar-refractivity contribution in [3.63, 3.8) is 0 Å². The maximum absolute atomic E-state index is 5.77. The molecule has 0 saturated carbocycles. The summed E-state index contributed by atoms with van der Waals surface area (Å²) in [5, 5.41) is 3.11. The maximum Gasteiger partial charge on any atom is 0.189 e. The minimum atomic E-state index is 0.361. The van der Waals surface area contributed by atoms with Crippen LogP contribution >= 0.6 is 0 Å². The van der Waals surface area contributed by atoms with Crippen LogP contribution in [0.1, 0.15) is 26.7 Å². The van der Waals surface area contributed by atoms with Crippen LogP contribution in [0.5, 0.6) is 0 Å². The first-order valence-corrected chi connectivity index (χ1v) is 5.36. The molecule has 14 heavy (non-hydrogen) atoms. The largest absolute Gasteiger partial charge is 0.370 e. The molecule has 1 unspecified atom stereocenters. The van der Waals surface area contributed by atoms with Gasteiger partial charge in [0.15, 0.2) is 5.96 Å². The lowest BCUT2D eigenvalue weighted by Crippen LogP contribution is -2.40. The number of hydrogen-bond donors (Lipinski definition) is 2. The summed E-state index contributed by atoms with van der Waals surface area (Å²) in [5.74, 6) is 0.584. The van der Waals surface area contributed by atoms with E-state index < -0.39 is 0 Å². The normalized spacial score (nSPS) is 25.4. The van der Waals surface area contributed by atoms with E-state index in [1.54, 1.807) is 0 Å². The minimum Gasteiger partial charge on any atom is -0.370 e. The Hall–Kier alpha value is -0.770. The number of likely N-dealkylation sites (tertiary alicyclic amines) is 1. The van der Waals surface area contributed by atoms with Crippen LogP contribution in [0.4, 0.5) is 0 Å². The van der Waals surface area contributed by atoms with Gasteiger partial charge in [-0.1, -0.05) is 0 Å². The Morgan fingerprint density at radius 1 is 1.57 bits per heavy atom. The Balaban J connectivity index is 2.40. The fourth-order valence-electron chi connectivity index (χ4n) is 1.77. The Labute approximate surface area is 86.6 Å². The van der Waals surface area contributed by atoms with Gasteiger partial charge in [-0.25, -0.2) is 4.99 Å². The average Bonchev–Trinajstić information content (AvgIpc) is 2.01. The smallest absolute Gasteiger partial charge is 0.189 e. The second kappa shape index (κ2) is 5.20. The number of guanidine groups is 1. The molecular weight excluding hydrogens is 176 g/mol. The van der Waals surface area contributed by atoms with Gasteiger partial charge in [-0.2, -0.15) is 0 Å². The van der Waals surface area contributed by atoms with Crippen LogP contribution in [0.2, 0.25) is 0 Å². The summed E-state index contributed by atoms with van der Waals surface area (Å²) >= 11 is 0. The van der Waals surface area contributed by atoms with Gasteiger partial charge in [0.05, 0.1) is 6.04 Å². The molecular formula is C10H22N4. The molecule has 1 rings (SSSR count). The first-order chi connectivity index (χ1) is 6.58. The molecule has 1 atom stereocenters. The van der Waals surface area contributed by atoms with Crippen molar-refractivity contribution in [1.29, 1.82) is 0 Å². The zero-order valence-corrected chi connectivity index (χ0v) is 9.45. The summed E-state index contributed by atoms with van der Waals surface area (Å²) in [6.07, 6.45) is 2.38. The van der Waals surface area contributed by atoms with Crippen LogP contribution in [0.25, 0.3) is 0 Å². The highest BCUT2D eigenvalue weighted by molar-refractivity contribution is 5.78. The van der Waals surface area contributed by atoms with Crippen molar-refractivity contribution in [3.8, 4) is 0 Å². The highest BCUT2D eigenvalue weighted by atomic mass is 15.2. The lowest BCUT2D eigenvalue weighted by atomic mass is 10.1. The topological polar surface area (TPSA) is 53.6 Å². The van der Waals surface area contributed by atoms with E-state index in [0.717, 1.165) is 13.0 Å². The Bertz CT molecular complexity index is 200. The number of hydrogen-bond acceptors (Lipinski definition) is 2. The molecule has 3 N–H and O–H groups in total.